The van der Waals surface area contributed by atoms with Crippen molar-refractivity contribution in [1.29, 1.82) is 0 Å². The van der Waals surface area contributed by atoms with Crippen molar-refractivity contribution in [3.8, 4) is 0 Å². The van der Waals surface area contributed by atoms with Gasteiger partial charge in [0.15, 0.2) is 0 Å². The van der Waals surface area contributed by atoms with E-state index in [1.807, 2.05) is 18.2 Å². The molecule has 0 radical (unpaired) electrons. The van der Waals surface area contributed by atoms with Crippen molar-refractivity contribution in [2.45, 2.75) is 12.8 Å². The van der Waals surface area contributed by atoms with Crippen molar-refractivity contribution in [1.82, 2.24) is 0 Å². The lowest BCUT2D eigenvalue weighted by Gasteiger charge is -2.30. The molecule has 0 saturated heterocycles. The Morgan fingerprint density at radius 1 is 1.14 bits per heavy atom. The summed E-state index contributed by atoms with van der Waals surface area (Å²) in [6.45, 7) is 0.661. The Bertz CT molecular complexity index is 715. The highest BCUT2D eigenvalue weighted by Gasteiger charge is 2.25. The van der Waals surface area contributed by atoms with E-state index in [-0.39, 0.29) is 5.91 Å². The first-order valence-corrected chi connectivity index (χ1v) is 7.47. The number of benzene rings is 2. The third-order valence-electron chi connectivity index (χ3n) is 3.63. The maximum atomic E-state index is 12.8. The second kappa shape index (κ2) is 5.58. The third kappa shape index (κ3) is 2.71. The van der Waals surface area contributed by atoms with Gasteiger partial charge in [-0.05, 0) is 48.7 Å². The fourth-order valence-electron chi connectivity index (χ4n) is 2.61. The van der Waals surface area contributed by atoms with E-state index >= 15 is 0 Å². The summed E-state index contributed by atoms with van der Waals surface area (Å²) < 4.78 is 0. The zero-order chi connectivity index (χ0) is 15.0. The fraction of sp³-hybridized carbons (Fsp3) is 0.188. The van der Waals surface area contributed by atoms with Crippen LogP contribution in [0.4, 0.5) is 11.4 Å². The predicted octanol–water partition coefficient (Wildman–Crippen LogP) is 4.17. The third-order valence-corrected chi connectivity index (χ3v) is 4.18. The highest BCUT2D eigenvalue weighted by atomic mass is 35.5. The average molecular weight is 321 g/mol. The topological polar surface area (TPSA) is 46.3 Å². The van der Waals surface area contributed by atoms with Crippen molar-refractivity contribution in [3.63, 3.8) is 0 Å². The van der Waals surface area contributed by atoms with E-state index in [2.05, 4.69) is 0 Å². The molecule has 0 spiro atoms. The molecule has 1 heterocycles. The van der Waals surface area contributed by atoms with Crippen LogP contribution in [0.25, 0.3) is 0 Å². The number of fused-ring (bicyclic) bond motifs is 1. The maximum Gasteiger partial charge on any atom is 0.259 e. The quantitative estimate of drug-likeness (QED) is 0.801. The van der Waals surface area contributed by atoms with E-state index < -0.39 is 0 Å². The standard InChI is InChI=1S/C16H14Cl2N2O/c17-11-4-6-13(14(18)8-11)16(21)20-7-1-2-10-3-5-12(19)9-15(10)20/h3-6,8-9H,1-2,7,19H2. The number of halogens is 2. The van der Waals surface area contributed by atoms with Crippen molar-refractivity contribution < 1.29 is 4.79 Å². The number of amides is 1. The molecule has 0 atom stereocenters. The van der Waals surface area contributed by atoms with Gasteiger partial charge in [-0.1, -0.05) is 29.3 Å². The van der Waals surface area contributed by atoms with Gasteiger partial charge >= 0.3 is 0 Å². The number of anilines is 2. The molecule has 0 saturated carbocycles. The van der Waals surface area contributed by atoms with Crippen molar-refractivity contribution in [2.75, 3.05) is 17.2 Å². The lowest BCUT2D eigenvalue weighted by molar-refractivity contribution is 0.0985. The van der Waals surface area contributed by atoms with Crippen LogP contribution >= 0.6 is 23.2 Å². The van der Waals surface area contributed by atoms with Crippen LogP contribution in [-0.4, -0.2) is 12.5 Å². The molecule has 3 nitrogen and oxygen atoms in total. The van der Waals surface area contributed by atoms with Gasteiger partial charge in [0.05, 0.1) is 10.6 Å². The van der Waals surface area contributed by atoms with Gasteiger partial charge in [-0.15, -0.1) is 0 Å². The number of carbonyl (C=O) groups is 1. The molecule has 0 aromatic heterocycles. The zero-order valence-electron chi connectivity index (χ0n) is 11.3. The summed E-state index contributed by atoms with van der Waals surface area (Å²) in [4.78, 5) is 14.5. The lowest BCUT2D eigenvalue weighted by Crippen LogP contribution is -2.35. The first kappa shape index (κ1) is 14.2. The van der Waals surface area contributed by atoms with Crippen LogP contribution in [0.1, 0.15) is 22.3 Å². The molecule has 0 aliphatic carbocycles. The highest BCUT2D eigenvalue weighted by Crippen LogP contribution is 2.32. The summed E-state index contributed by atoms with van der Waals surface area (Å²) in [6.07, 6.45) is 1.88. The van der Waals surface area contributed by atoms with Crippen LogP contribution < -0.4 is 10.6 Å². The molecule has 0 fully saturated rings. The molecule has 5 heteroatoms. The number of aryl methyl sites for hydroxylation is 1. The molecule has 0 unspecified atom stereocenters. The molecular formula is C16H14Cl2N2O. The van der Waals surface area contributed by atoms with E-state index in [0.717, 1.165) is 24.1 Å². The minimum Gasteiger partial charge on any atom is -0.399 e. The SMILES string of the molecule is Nc1ccc2c(c1)N(C(=O)c1ccc(Cl)cc1Cl)CCC2. The summed E-state index contributed by atoms with van der Waals surface area (Å²) >= 11 is 12.0. The van der Waals surface area contributed by atoms with Gasteiger partial charge in [0.25, 0.3) is 5.91 Å². The number of nitrogens with two attached hydrogens (primary N) is 1. The molecule has 1 aliphatic heterocycles. The Morgan fingerprint density at radius 2 is 1.95 bits per heavy atom. The van der Waals surface area contributed by atoms with Gasteiger partial charge in [-0.2, -0.15) is 0 Å². The summed E-state index contributed by atoms with van der Waals surface area (Å²) in [5, 5.41) is 0.878. The van der Waals surface area contributed by atoms with Crippen molar-refractivity contribution in [2.24, 2.45) is 0 Å². The monoisotopic (exact) mass is 320 g/mol. The number of hydrogen-bond donors (Lipinski definition) is 1. The van der Waals surface area contributed by atoms with Crippen LogP contribution in [0, 0.1) is 0 Å². The summed E-state index contributed by atoms with van der Waals surface area (Å²) in [5.74, 6) is -0.122. The molecule has 2 aromatic rings. The minimum absolute atomic E-state index is 0.122. The molecule has 21 heavy (non-hydrogen) atoms. The largest absolute Gasteiger partial charge is 0.399 e. The fourth-order valence-corrected chi connectivity index (χ4v) is 3.10. The first-order chi connectivity index (χ1) is 10.1. The highest BCUT2D eigenvalue weighted by molar-refractivity contribution is 6.37. The number of nitrogens with zero attached hydrogens (tertiary/aromatic N) is 1. The summed E-state index contributed by atoms with van der Waals surface area (Å²) in [6, 6.07) is 10.6. The normalized spacial score (nSPS) is 13.9. The Kier molecular flexibility index (Phi) is 3.79. The van der Waals surface area contributed by atoms with Gasteiger partial charge in [-0.3, -0.25) is 4.79 Å². The number of rotatable bonds is 1. The average Bonchev–Trinajstić information content (AvgIpc) is 2.46. The van der Waals surface area contributed by atoms with E-state index in [1.54, 1.807) is 23.1 Å². The summed E-state index contributed by atoms with van der Waals surface area (Å²) in [5.41, 5.74) is 8.96. The van der Waals surface area contributed by atoms with Gasteiger partial charge in [0, 0.05) is 22.9 Å². The van der Waals surface area contributed by atoms with Gasteiger partial charge in [0.1, 0.15) is 0 Å². The lowest BCUT2D eigenvalue weighted by atomic mass is 10.00. The molecular weight excluding hydrogens is 307 g/mol. The summed E-state index contributed by atoms with van der Waals surface area (Å²) in [7, 11) is 0. The second-order valence-corrected chi connectivity index (χ2v) is 5.92. The molecule has 2 aromatic carbocycles. The Morgan fingerprint density at radius 3 is 2.71 bits per heavy atom. The van der Waals surface area contributed by atoms with Crippen LogP contribution in [-0.2, 0) is 6.42 Å². The van der Waals surface area contributed by atoms with E-state index in [0.29, 0.717) is 27.8 Å². The predicted molar refractivity (Wildman–Crippen MR) is 87.3 cm³/mol. The first-order valence-electron chi connectivity index (χ1n) is 6.71. The number of nitrogen functional groups attached to an aromatic ring is 1. The van der Waals surface area contributed by atoms with Crippen LogP contribution in [0.15, 0.2) is 36.4 Å². The molecule has 108 valence electrons. The number of carbonyl (C=O) groups excluding carboxylic acids is 1. The number of hydrogen-bond acceptors (Lipinski definition) is 2. The van der Waals surface area contributed by atoms with Crippen molar-refractivity contribution in [3.05, 3.63) is 57.6 Å². The smallest absolute Gasteiger partial charge is 0.259 e. The Balaban J connectivity index is 2.02. The van der Waals surface area contributed by atoms with E-state index in [4.69, 9.17) is 28.9 Å². The van der Waals surface area contributed by atoms with Crippen LogP contribution in [0.5, 0.6) is 0 Å². The van der Waals surface area contributed by atoms with E-state index in [9.17, 15) is 4.79 Å². The maximum absolute atomic E-state index is 12.8. The Labute approximate surface area is 133 Å². The zero-order valence-corrected chi connectivity index (χ0v) is 12.8. The molecule has 3 rings (SSSR count). The van der Waals surface area contributed by atoms with Crippen LogP contribution in [0.3, 0.4) is 0 Å². The Hall–Kier alpha value is -1.71. The van der Waals surface area contributed by atoms with Gasteiger partial charge < -0.3 is 10.6 Å². The minimum atomic E-state index is -0.122. The molecule has 1 amide bonds. The van der Waals surface area contributed by atoms with Crippen molar-refractivity contribution >= 4 is 40.5 Å². The van der Waals surface area contributed by atoms with Gasteiger partial charge in [0.2, 0.25) is 0 Å². The molecule has 0 bridgehead atoms. The van der Waals surface area contributed by atoms with Crippen LogP contribution in [0.2, 0.25) is 10.0 Å². The molecule has 2 N–H and O–H groups in total. The second-order valence-electron chi connectivity index (χ2n) is 5.07. The van der Waals surface area contributed by atoms with E-state index in [1.165, 1.54) is 0 Å². The molecule has 1 aliphatic rings. The van der Waals surface area contributed by atoms with Gasteiger partial charge in [-0.25, -0.2) is 0 Å².